The second-order valence-corrected chi connectivity index (χ2v) is 24.0. The maximum atomic E-state index is 13.0. The number of amides is 2. The topological polar surface area (TPSA) is 193 Å². The zero-order chi connectivity index (χ0) is 59.1. The van der Waals surface area contributed by atoms with Crippen LogP contribution in [0.1, 0.15) is 52.7 Å². The second kappa shape index (κ2) is 28.9. The maximum absolute atomic E-state index is 13.0. The van der Waals surface area contributed by atoms with Crippen LogP contribution in [0.5, 0.6) is 11.5 Å². The van der Waals surface area contributed by atoms with Gasteiger partial charge in [-0.3, -0.25) is 19.7 Å². The Morgan fingerprint density at radius 2 is 0.940 bits per heavy atom. The summed E-state index contributed by atoms with van der Waals surface area (Å²) in [4.78, 5) is 70.5. The number of piperazine rings is 3. The van der Waals surface area contributed by atoms with Gasteiger partial charge < -0.3 is 44.4 Å². The number of carbonyl (C=O) groups is 3. The largest absolute Gasteiger partial charge is 0.457 e. The van der Waals surface area contributed by atoms with Gasteiger partial charge in [-0.2, -0.15) is 0 Å². The molecule has 3 aromatic heterocycles. The number of aromatic nitrogens is 6. The van der Waals surface area contributed by atoms with E-state index in [-0.39, 0.29) is 35.8 Å². The van der Waals surface area contributed by atoms with Crippen molar-refractivity contribution >= 4 is 106 Å². The lowest BCUT2D eigenvalue weighted by atomic mass is 10.0. The molecule has 18 nitrogen and oxygen atoms in total. The monoisotopic (exact) mass is 1280 g/mol. The summed E-state index contributed by atoms with van der Waals surface area (Å²) in [5, 5.41) is 6.94. The Labute approximate surface area is 504 Å². The molecule has 436 valence electrons. The summed E-state index contributed by atoms with van der Waals surface area (Å²) in [6.45, 7) is 20.9. The standard InChI is InChI=1S/C27H25FN4O2.C17H21BrN4O2.C9H18N2O2.C8H4BrClN2/c28-21-5-1-19(2-6-21)15-22(33)16-20-3-7-23(8-4-20)34-24-9-10-25-26(17-24)31-27(18-30-25)32-13-11-29-12-14-32;1-17(2,3)24-16(23)22-8-6-21(7-9-22)15-11-19-13-5-4-12(18)10-14(13)20-15;1-9(2,3)13-8(12)11-6-4-10-5-7-11;9-5-1-2-6-7(3-5)12-8(10)4-11-6/h1-10,17-18,29H,11-16H2;4-5,10-11H,6-9H2,1-3H3;10H,4-7H2,1-3H3;1-4H. The highest BCUT2D eigenvalue weighted by atomic mass is 79.9. The quantitative estimate of drug-likeness (QED) is 0.146. The first-order chi connectivity index (χ1) is 39.7. The number of ketones is 1. The highest BCUT2D eigenvalue weighted by Crippen LogP contribution is 2.27. The molecule has 0 saturated carbocycles. The predicted octanol–water partition coefficient (Wildman–Crippen LogP) is 11.6. The summed E-state index contributed by atoms with van der Waals surface area (Å²) in [6, 6.07) is 30.8. The molecule has 5 aromatic carbocycles. The Morgan fingerprint density at radius 1 is 0.518 bits per heavy atom. The lowest BCUT2D eigenvalue weighted by Gasteiger charge is -2.36. The smallest absolute Gasteiger partial charge is 0.410 e. The van der Waals surface area contributed by atoms with Crippen molar-refractivity contribution < 1.29 is 33.0 Å². The van der Waals surface area contributed by atoms with Crippen LogP contribution >= 0.6 is 43.5 Å². The summed E-state index contributed by atoms with van der Waals surface area (Å²) in [5.41, 5.74) is 5.85. The number of benzene rings is 5. The van der Waals surface area contributed by atoms with E-state index >= 15 is 0 Å². The van der Waals surface area contributed by atoms with Gasteiger partial charge in [0.15, 0.2) is 0 Å². The van der Waals surface area contributed by atoms with Crippen LogP contribution in [0.4, 0.5) is 25.6 Å². The number of hydrogen-bond donors (Lipinski definition) is 2. The lowest BCUT2D eigenvalue weighted by molar-refractivity contribution is -0.117. The molecule has 0 unspecified atom stereocenters. The fraction of sp³-hybridized carbons (Fsp3) is 0.361. The minimum Gasteiger partial charge on any atom is -0.457 e. The molecular formula is C61H68Br2ClFN12O6. The Hall–Kier alpha value is -7.17. The molecule has 8 aromatic rings. The molecule has 0 spiro atoms. The number of rotatable bonds is 8. The molecule has 2 amide bonds. The number of nitrogens with zero attached hydrogens (tertiary/aromatic N) is 10. The average molecular weight is 1280 g/mol. The van der Waals surface area contributed by atoms with Gasteiger partial charge in [-0.05, 0) is 125 Å². The SMILES string of the molecule is CC(C)(C)OC(=O)N1CCN(c2cnc3ccc(Br)cc3n2)CC1.CC(C)(C)OC(=O)N1CCNCC1.Clc1cnc2ccc(Br)cc2n1.O=C(Cc1ccc(F)cc1)Cc1ccc(Oc2ccc3ncc(N4CCNCC4)nc3c2)cc1. The lowest BCUT2D eigenvalue weighted by Crippen LogP contribution is -2.50. The van der Waals surface area contributed by atoms with Crippen LogP contribution in [-0.4, -0.2) is 147 Å². The van der Waals surface area contributed by atoms with Crippen molar-refractivity contribution in [2.24, 2.45) is 0 Å². The summed E-state index contributed by atoms with van der Waals surface area (Å²) >= 11 is 12.5. The number of fused-ring (bicyclic) bond motifs is 3. The Morgan fingerprint density at radius 3 is 1.46 bits per heavy atom. The third-order valence-corrected chi connectivity index (χ3v) is 14.0. The first-order valence-corrected chi connectivity index (χ1v) is 29.3. The minimum atomic E-state index is -0.467. The molecule has 83 heavy (non-hydrogen) atoms. The molecular weight excluding hydrogens is 1210 g/mol. The highest BCUT2D eigenvalue weighted by molar-refractivity contribution is 9.10. The molecule has 3 saturated heterocycles. The number of halogens is 4. The van der Waals surface area contributed by atoms with Gasteiger partial charge in [0, 0.05) is 106 Å². The third-order valence-electron chi connectivity index (χ3n) is 12.8. The van der Waals surface area contributed by atoms with Gasteiger partial charge in [-0.1, -0.05) is 67.7 Å². The fourth-order valence-electron chi connectivity index (χ4n) is 8.73. The third kappa shape index (κ3) is 19.5. The van der Waals surface area contributed by atoms with Gasteiger partial charge in [-0.25, -0.2) is 28.9 Å². The average Bonchev–Trinajstić information content (AvgIpc) is 3.49. The van der Waals surface area contributed by atoms with E-state index in [1.54, 1.807) is 28.1 Å². The van der Waals surface area contributed by atoms with Gasteiger partial charge in [0.25, 0.3) is 0 Å². The van der Waals surface area contributed by atoms with Crippen molar-refractivity contribution in [2.75, 3.05) is 88.3 Å². The van der Waals surface area contributed by atoms with Crippen LogP contribution < -0.4 is 25.2 Å². The van der Waals surface area contributed by atoms with Gasteiger partial charge in [0.05, 0.1) is 51.7 Å². The molecule has 3 aliphatic rings. The zero-order valence-corrected chi connectivity index (χ0v) is 51.3. The van der Waals surface area contributed by atoms with E-state index in [1.807, 2.05) is 127 Å². The van der Waals surface area contributed by atoms with Crippen LogP contribution in [0.2, 0.25) is 5.15 Å². The fourth-order valence-corrected chi connectivity index (χ4v) is 9.57. The van der Waals surface area contributed by atoms with E-state index in [9.17, 15) is 18.8 Å². The molecule has 0 atom stereocenters. The number of carbonyl (C=O) groups excluding carboxylic acids is 3. The van der Waals surface area contributed by atoms with E-state index in [2.05, 4.69) is 77.2 Å². The Bertz CT molecular complexity index is 3450. The number of nitrogens with one attached hydrogen (secondary N) is 2. The maximum Gasteiger partial charge on any atom is 0.410 e. The molecule has 3 aliphatic heterocycles. The van der Waals surface area contributed by atoms with Gasteiger partial charge >= 0.3 is 12.2 Å². The van der Waals surface area contributed by atoms with Crippen molar-refractivity contribution in [1.29, 1.82) is 0 Å². The Balaban J connectivity index is 0.000000159. The summed E-state index contributed by atoms with van der Waals surface area (Å²) in [5.74, 6) is 2.85. The van der Waals surface area contributed by atoms with Crippen molar-refractivity contribution in [2.45, 2.75) is 65.6 Å². The Kier molecular flexibility index (Phi) is 21.5. The van der Waals surface area contributed by atoms with Crippen LogP contribution in [0.25, 0.3) is 33.1 Å². The van der Waals surface area contributed by atoms with Crippen LogP contribution in [0.15, 0.2) is 131 Å². The molecule has 22 heteroatoms. The molecule has 0 bridgehead atoms. The van der Waals surface area contributed by atoms with E-state index in [1.165, 1.54) is 18.3 Å². The highest BCUT2D eigenvalue weighted by Gasteiger charge is 2.27. The van der Waals surface area contributed by atoms with E-state index < -0.39 is 5.60 Å². The van der Waals surface area contributed by atoms with Gasteiger partial charge in [-0.15, -0.1) is 0 Å². The molecule has 0 radical (unpaired) electrons. The number of ether oxygens (including phenoxy) is 3. The number of hydrogen-bond acceptors (Lipinski definition) is 16. The summed E-state index contributed by atoms with van der Waals surface area (Å²) in [7, 11) is 0. The van der Waals surface area contributed by atoms with E-state index in [0.29, 0.717) is 49.3 Å². The molecule has 3 fully saturated rings. The van der Waals surface area contributed by atoms with Gasteiger partial charge in [0.1, 0.15) is 51.1 Å². The number of anilines is 2. The molecule has 6 heterocycles. The first-order valence-electron chi connectivity index (χ1n) is 27.4. The van der Waals surface area contributed by atoms with Gasteiger partial charge in [0.2, 0.25) is 0 Å². The van der Waals surface area contributed by atoms with Crippen LogP contribution in [-0.2, 0) is 27.1 Å². The van der Waals surface area contributed by atoms with Crippen molar-refractivity contribution in [3.63, 3.8) is 0 Å². The molecule has 11 rings (SSSR count). The predicted molar refractivity (Wildman–Crippen MR) is 330 cm³/mol. The first kappa shape index (κ1) is 61.9. The minimum absolute atomic E-state index is 0.0775. The number of Topliss-reactive ketones (excluding diaryl/α,β-unsaturated/α-hetero) is 1. The van der Waals surface area contributed by atoms with Crippen molar-refractivity contribution in [3.05, 3.63) is 153 Å². The second-order valence-electron chi connectivity index (χ2n) is 21.7. The van der Waals surface area contributed by atoms with Crippen LogP contribution in [0, 0.1) is 5.82 Å². The van der Waals surface area contributed by atoms with Crippen molar-refractivity contribution in [3.8, 4) is 11.5 Å². The van der Waals surface area contributed by atoms with Crippen LogP contribution in [0.3, 0.4) is 0 Å². The molecule has 0 aliphatic carbocycles. The van der Waals surface area contributed by atoms with E-state index in [4.69, 9.17) is 30.8 Å². The summed E-state index contributed by atoms with van der Waals surface area (Å²) in [6.07, 6.45) is 5.30. The zero-order valence-electron chi connectivity index (χ0n) is 47.4. The normalized spacial score (nSPS) is 14.6. The van der Waals surface area contributed by atoms with Crippen molar-refractivity contribution in [1.82, 2.24) is 50.3 Å². The summed E-state index contributed by atoms with van der Waals surface area (Å²) < 4.78 is 31.7. The van der Waals surface area contributed by atoms with E-state index in [0.717, 1.165) is 117 Å². The molecule has 2 N–H and O–H groups in total.